The van der Waals surface area contributed by atoms with E-state index < -0.39 is 11.6 Å². The van der Waals surface area contributed by atoms with Gasteiger partial charge < -0.3 is 20.9 Å². The lowest BCUT2D eigenvalue weighted by Gasteiger charge is -2.27. The van der Waals surface area contributed by atoms with Crippen molar-refractivity contribution in [1.82, 2.24) is 4.57 Å². The van der Waals surface area contributed by atoms with E-state index in [1.54, 1.807) is 24.6 Å². The summed E-state index contributed by atoms with van der Waals surface area (Å²) >= 11 is 0. The number of aliphatic imine (C=N–C) groups is 1. The summed E-state index contributed by atoms with van der Waals surface area (Å²) in [4.78, 5) is 27.2. The molecule has 4 N–H and O–H groups in total. The number of nitrogens with two attached hydrogens (primary N) is 2. The fourth-order valence-electron chi connectivity index (χ4n) is 2.67. The number of primary amides is 1. The zero-order chi connectivity index (χ0) is 18.6. The van der Waals surface area contributed by atoms with Gasteiger partial charge in [0.2, 0.25) is 5.72 Å². The minimum atomic E-state index is -1.15. The molecule has 1 aromatic heterocycles. The van der Waals surface area contributed by atoms with Crippen molar-refractivity contribution in [2.75, 3.05) is 6.61 Å². The van der Waals surface area contributed by atoms with Crippen LogP contribution >= 0.6 is 0 Å². The van der Waals surface area contributed by atoms with Gasteiger partial charge in [0.05, 0.1) is 23.9 Å². The molecule has 8 nitrogen and oxygen atoms in total. The number of aromatic nitrogens is 1. The van der Waals surface area contributed by atoms with E-state index in [1.807, 2.05) is 0 Å². The van der Waals surface area contributed by atoms with Crippen molar-refractivity contribution >= 4 is 24.0 Å². The average Bonchev–Trinajstić information content (AvgIpc) is 3.17. The largest absolute Gasteiger partial charge is 0.463 e. The molecule has 1 saturated heterocycles. The maximum atomic E-state index is 11.6. The summed E-state index contributed by atoms with van der Waals surface area (Å²) in [6.07, 6.45) is 9.06. The van der Waals surface area contributed by atoms with Crippen LogP contribution in [0, 0.1) is 18.3 Å². The Hall–Kier alpha value is -2.79. The highest BCUT2D eigenvalue weighted by atomic mass is 16.6. The molecule has 0 bridgehead atoms. The Morgan fingerprint density at radius 2 is 2.36 bits per heavy atom. The van der Waals surface area contributed by atoms with Gasteiger partial charge in [-0.2, -0.15) is 0 Å². The minimum absolute atomic E-state index is 0.111. The summed E-state index contributed by atoms with van der Waals surface area (Å²) in [7, 11) is 0. The first-order chi connectivity index (χ1) is 11.8. The Morgan fingerprint density at radius 1 is 1.64 bits per heavy atom. The second-order valence-electron chi connectivity index (χ2n) is 6.06. The van der Waals surface area contributed by atoms with Crippen LogP contribution in [0.3, 0.4) is 0 Å². The Morgan fingerprint density at radius 3 is 2.92 bits per heavy atom. The van der Waals surface area contributed by atoms with Crippen molar-refractivity contribution in [2.45, 2.75) is 38.5 Å². The Labute approximate surface area is 146 Å². The molecule has 2 unspecified atom stereocenters. The highest BCUT2D eigenvalue weighted by Crippen LogP contribution is 2.39. The van der Waals surface area contributed by atoms with Gasteiger partial charge in [-0.25, -0.2) is 4.99 Å². The molecule has 0 saturated carbocycles. The summed E-state index contributed by atoms with van der Waals surface area (Å²) in [5, 5.41) is 0. The minimum Gasteiger partial charge on any atom is -0.463 e. The lowest BCUT2D eigenvalue weighted by atomic mass is 10.1. The number of esters is 1. The van der Waals surface area contributed by atoms with Crippen LogP contribution in [0.25, 0.3) is 0 Å². The second kappa shape index (κ2) is 7.40. The highest BCUT2D eigenvalue weighted by molar-refractivity contribution is 5.97. The van der Waals surface area contributed by atoms with Gasteiger partial charge in [0, 0.05) is 12.6 Å². The normalized spacial score (nSPS) is 23.0. The van der Waals surface area contributed by atoms with Crippen molar-refractivity contribution in [3.05, 3.63) is 17.8 Å². The molecular formula is C17H22N4O4. The zero-order valence-corrected chi connectivity index (χ0v) is 14.3. The van der Waals surface area contributed by atoms with E-state index in [1.165, 1.54) is 6.07 Å². The first-order valence-electron chi connectivity index (χ1n) is 7.92. The van der Waals surface area contributed by atoms with Crippen molar-refractivity contribution in [2.24, 2.45) is 22.4 Å². The molecule has 1 aromatic rings. The molecule has 134 valence electrons. The van der Waals surface area contributed by atoms with Crippen molar-refractivity contribution in [3.63, 3.8) is 0 Å². The van der Waals surface area contributed by atoms with Crippen molar-refractivity contribution in [1.29, 1.82) is 0 Å². The molecule has 1 amide bonds. The van der Waals surface area contributed by atoms with Crippen LogP contribution in [-0.4, -0.2) is 35.5 Å². The van der Waals surface area contributed by atoms with E-state index >= 15 is 0 Å². The van der Waals surface area contributed by atoms with Crippen molar-refractivity contribution < 1.29 is 19.1 Å². The number of rotatable bonds is 6. The summed E-state index contributed by atoms with van der Waals surface area (Å²) in [6, 6.07) is 1.51. The van der Waals surface area contributed by atoms with E-state index in [-0.39, 0.29) is 36.0 Å². The van der Waals surface area contributed by atoms with Gasteiger partial charge in [0.15, 0.2) is 0 Å². The van der Waals surface area contributed by atoms with Crippen molar-refractivity contribution in [3.8, 4) is 12.3 Å². The molecule has 0 aliphatic carbocycles. The monoisotopic (exact) mass is 346 g/mol. The van der Waals surface area contributed by atoms with Gasteiger partial charge in [-0.1, -0.05) is 13.8 Å². The summed E-state index contributed by atoms with van der Waals surface area (Å²) in [5.74, 6) is 1.69. The van der Waals surface area contributed by atoms with Gasteiger partial charge in [0.1, 0.15) is 12.4 Å². The van der Waals surface area contributed by atoms with Gasteiger partial charge in [-0.05, 0) is 18.4 Å². The third-order valence-electron chi connectivity index (χ3n) is 3.99. The molecule has 1 aliphatic rings. The quantitative estimate of drug-likeness (QED) is 0.342. The number of amides is 1. The van der Waals surface area contributed by atoms with Crippen LogP contribution in [0.4, 0.5) is 5.82 Å². The predicted octanol–water partition coefficient (Wildman–Crippen LogP) is 0.870. The molecule has 25 heavy (non-hydrogen) atoms. The summed E-state index contributed by atoms with van der Waals surface area (Å²) in [5.41, 5.74) is 9.77. The van der Waals surface area contributed by atoms with Crippen LogP contribution in [-0.2, 0) is 20.0 Å². The number of hydrogen-bond donors (Lipinski definition) is 2. The Balaban J connectivity index is 2.24. The molecular weight excluding hydrogens is 324 g/mol. The smallest absolute Gasteiger partial charge is 0.308 e. The predicted molar refractivity (Wildman–Crippen MR) is 92.0 cm³/mol. The van der Waals surface area contributed by atoms with Gasteiger partial charge in [0.25, 0.3) is 5.91 Å². The fraction of sp³-hybridized carbons (Fsp3) is 0.471. The molecule has 2 rings (SSSR count). The molecule has 8 heteroatoms. The standard InChI is InChI=1S/C17H22N4O4/c1-4-17(7-5-12(25-17)9-24-16(23)11(2)3)21-8-6-13(14(19)22)15(21)20-10-18/h1,6,8,10-12H,5,7,9H2,2-3H3,(H2,18,20)(H2,19,22). The fourth-order valence-corrected chi connectivity index (χ4v) is 2.67. The van der Waals surface area contributed by atoms with Gasteiger partial charge in [-0.3, -0.25) is 14.2 Å². The summed E-state index contributed by atoms with van der Waals surface area (Å²) < 4.78 is 12.8. The summed E-state index contributed by atoms with van der Waals surface area (Å²) in [6.45, 7) is 3.62. The van der Waals surface area contributed by atoms with Crippen LogP contribution < -0.4 is 11.5 Å². The molecule has 2 atom stereocenters. The maximum Gasteiger partial charge on any atom is 0.308 e. The maximum absolute atomic E-state index is 11.6. The van der Waals surface area contributed by atoms with Gasteiger partial charge in [-0.15, -0.1) is 6.42 Å². The lowest BCUT2D eigenvalue weighted by molar-refractivity contribution is -0.154. The van der Waals surface area contributed by atoms with E-state index in [9.17, 15) is 9.59 Å². The SMILES string of the molecule is C#CC1(n2ccc(C(N)=O)c2/N=C\N)CCC(COC(=O)C(C)C)O1. The third-order valence-corrected chi connectivity index (χ3v) is 3.99. The van der Waals surface area contributed by atoms with E-state index in [0.717, 1.165) is 6.34 Å². The number of ether oxygens (including phenoxy) is 2. The number of hydrogen-bond acceptors (Lipinski definition) is 5. The molecule has 1 fully saturated rings. The molecule has 0 spiro atoms. The first-order valence-corrected chi connectivity index (χ1v) is 7.92. The van der Waals surface area contributed by atoms with E-state index in [0.29, 0.717) is 12.8 Å². The number of nitrogens with zero attached hydrogens (tertiary/aromatic N) is 2. The van der Waals surface area contributed by atoms with Crippen LogP contribution in [0.5, 0.6) is 0 Å². The van der Waals surface area contributed by atoms with Crippen LogP contribution in [0.2, 0.25) is 0 Å². The third kappa shape index (κ3) is 3.67. The zero-order valence-electron chi connectivity index (χ0n) is 14.3. The molecule has 2 heterocycles. The average molecular weight is 346 g/mol. The molecule has 0 radical (unpaired) electrons. The Bertz CT molecular complexity index is 731. The van der Waals surface area contributed by atoms with Gasteiger partial charge >= 0.3 is 5.97 Å². The second-order valence-corrected chi connectivity index (χ2v) is 6.06. The van der Waals surface area contributed by atoms with Crippen LogP contribution in [0.1, 0.15) is 37.0 Å². The number of carbonyl (C=O) groups is 2. The molecule has 1 aliphatic heterocycles. The number of terminal acetylenes is 1. The van der Waals surface area contributed by atoms with Crippen LogP contribution in [0.15, 0.2) is 17.3 Å². The Kier molecular flexibility index (Phi) is 5.49. The van der Waals surface area contributed by atoms with E-state index in [2.05, 4.69) is 10.9 Å². The highest BCUT2D eigenvalue weighted by Gasteiger charge is 2.42. The topological polar surface area (TPSA) is 122 Å². The van der Waals surface area contributed by atoms with E-state index in [4.69, 9.17) is 27.4 Å². The molecule has 0 aromatic carbocycles. The first kappa shape index (κ1) is 18.5. The number of carbonyl (C=O) groups excluding carboxylic acids is 2. The lowest BCUT2D eigenvalue weighted by Crippen LogP contribution is -2.33.